The van der Waals surface area contributed by atoms with Gasteiger partial charge in [0.1, 0.15) is 5.75 Å². The quantitative estimate of drug-likeness (QED) is 0.341. The predicted molar refractivity (Wildman–Crippen MR) is 124 cm³/mol. The molecule has 0 saturated carbocycles. The van der Waals surface area contributed by atoms with Crippen LogP contribution in [0.25, 0.3) is 10.8 Å². The van der Waals surface area contributed by atoms with E-state index in [4.69, 9.17) is 33.0 Å². The molecule has 6 rings (SSSR count). The minimum Gasteiger partial charge on any atom is -0.463 e. The number of ether oxygens (including phenoxy) is 1. The molecule has 4 nitrogen and oxygen atoms in total. The van der Waals surface area contributed by atoms with Gasteiger partial charge in [0.2, 0.25) is 6.23 Å². The van der Waals surface area contributed by atoms with Crippen molar-refractivity contribution in [2.45, 2.75) is 18.7 Å². The second-order valence-corrected chi connectivity index (χ2v) is 8.61. The summed E-state index contributed by atoms with van der Waals surface area (Å²) in [5, 5.41) is 10.6. The molecular weight excluding hydrogens is 429 g/mol. The second-order valence-electron chi connectivity index (χ2n) is 7.77. The zero-order chi connectivity index (χ0) is 20.9. The van der Waals surface area contributed by atoms with Crippen molar-refractivity contribution in [2.75, 3.05) is 0 Å². The third kappa shape index (κ3) is 3.14. The predicted octanol–water partition coefficient (Wildman–Crippen LogP) is 6.78. The van der Waals surface area contributed by atoms with Crippen molar-refractivity contribution < 1.29 is 4.74 Å². The molecule has 0 spiro atoms. The fraction of sp³-hybridized carbons (Fsp3) is 0.120. The number of aromatic nitrogens is 1. The van der Waals surface area contributed by atoms with Crippen molar-refractivity contribution in [3.8, 4) is 5.75 Å². The van der Waals surface area contributed by atoms with E-state index in [1.54, 1.807) is 18.5 Å². The van der Waals surface area contributed by atoms with Crippen LogP contribution in [0.5, 0.6) is 5.75 Å². The molecule has 2 aliphatic heterocycles. The molecule has 2 aliphatic rings. The maximum atomic E-state index is 6.53. The zero-order valence-electron chi connectivity index (χ0n) is 16.4. The third-order valence-electron chi connectivity index (χ3n) is 5.88. The molecule has 3 heterocycles. The average molecular weight is 446 g/mol. The van der Waals surface area contributed by atoms with E-state index in [0.717, 1.165) is 28.8 Å². The maximum Gasteiger partial charge on any atom is 0.214 e. The van der Waals surface area contributed by atoms with Gasteiger partial charge in [-0.2, -0.15) is 5.10 Å². The Labute approximate surface area is 189 Å². The fourth-order valence-corrected chi connectivity index (χ4v) is 4.96. The van der Waals surface area contributed by atoms with Gasteiger partial charge in [-0.1, -0.05) is 59.6 Å². The standard InChI is InChI=1S/C25H17Cl2N3O/c26-19-12-20-23-14-22(18-6-5-15-3-1-2-4-17(15)11-18)29-30(23)25(16-7-9-28-10-8-16)31-24(20)21(27)13-19/h1-13,23,25H,14H2/t23-,25+/m0/s1. The lowest BCUT2D eigenvalue weighted by Crippen LogP contribution is -2.33. The molecule has 0 aliphatic carbocycles. The number of nitrogens with zero attached hydrogens (tertiary/aromatic N) is 3. The smallest absolute Gasteiger partial charge is 0.214 e. The molecule has 0 N–H and O–H groups in total. The van der Waals surface area contributed by atoms with E-state index in [1.165, 1.54) is 10.8 Å². The fourth-order valence-electron chi connectivity index (χ4n) is 4.41. The van der Waals surface area contributed by atoms with E-state index < -0.39 is 6.23 Å². The second kappa shape index (κ2) is 7.26. The van der Waals surface area contributed by atoms with Gasteiger partial charge in [0.15, 0.2) is 0 Å². The molecule has 3 aromatic carbocycles. The molecule has 1 aromatic heterocycles. The van der Waals surface area contributed by atoms with Crippen LogP contribution in [-0.4, -0.2) is 15.7 Å². The van der Waals surface area contributed by atoms with E-state index in [0.29, 0.717) is 15.8 Å². The summed E-state index contributed by atoms with van der Waals surface area (Å²) in [4.78, 5) is 4.14. The van der Waals surface area contributed by atoms with E-state index in [9.17, 15) is 0 Å². The highest BCUT2D eigenvalue weighted by Crippen LogP contribution is 2.50. The van der Waals surface area contributed by atoms with Crippen molar-refractivity contribution in [3.63, 3.8) is 0 Å². The summed E-state index contributed by atoms with van der Waals surface area (Å²) >= 11 is 12.9. The highest BCUT2D eigenvalue weighted by atomic mass is 35.5. The third-order valence-corrected chi connectivity index (χ3v) is 6.38. The first-order chi connectivity index (χ1) is 15.2. The van der Waals surface area contributed by atoms with Gasteiger partial charge >= 0.3 is 0 Å². The molecular formula is C25H17Cl2N3O. The van der Waals surface area contributed by atoms with Crippen LogP contribution in [0, 0.1) is 0 Å². The van der Waals surface area contributed by atoms with Crippen LogP contribution < -0.4 is 4.74 Å². The molecule has 4 aromatic rings. The van der Waals surface area contributed by atoms with Crippen LogP contribution >= 0.6 is 23.2 Å². The summed E-state index contributed by atoms with van der Waals surface area (Å²) in [5.74, 6) is 0.670. The van der Waals surface area contributed by atoms with Gasteiger partial charge in [0.25, 0.3) is 0 Å². The van der Waals surface area contributed by atoms with Crippen LogP contribution in [0.4, 0.5) is 0 Å². The minimum absolute atomic E-state index is 0.0143. The molecule has 31 heavy (non-hydrogen) atoms. The molecule has 6 heteroatoms. The average Bonchev–Trinajstić information content (AvgIpc) is 3.25. The number of hydrogen-bond donors (Lipinski definition) is 0. The summed E-state index contributed by atoms with van der Waals surface area (Å²) in [6.45, 7) is 0. The van der Waals surface area contributed by atoms with Gasteiger partial charge in [-0.25, -0.2) is 5.01 Å². The lowest BCUT2D eigenvalue weighted by atomic mass is 9.95. The van der Waals surface area contributed by atoms with Crippen molar-refractivity contribution in [1.82, 2.24) is 9.99 Å². The number of benzene rings is 3. The van der Waals surface area contributed by atoms with Crippen LogP contribution in [-0.2, 0) is 0 Å². The monoisotopic (exact) mass is 445 g/mol. The summed E-state index contributed by atoms with van der Waals surface area (Å²) in [6, 6.07) is 22.3. The van der Waals surface area contributed by atoms with Gasteiger partial charge in [-0.05, 0) is 46.7 Å². The first-order valence-electron chi connectivity index (χ1n) is 10.1. The van der Waals surface area contributed by atoms with Gasteiger partial charge in [-0.3, -0.25) is 4.98 Å². The Morgan fingerprint density at radius 2 is 1.71 bits per heavy atom. The SMILES string of the molecule is Clc1cc(Cl)c2c(c1)[C@@H]1CC(c3ccc4ccccc4c3)=NN1[C@@H](c1ccncc1)O2. The van der Waals surface area contributed by atoms with Crippen LogP contribution in [0.2, 0.25) is 10.0 Å². The summed E-state index contributed by atoms with van der Waals surface area (Å²) in [7, 11) is 0. The molecule has 0 fully saturated rings. The first kappa shape index (κ1) is 18.7. The summed E-state index contributed by atoms with van der Waals surface area (Å²) in [5.41, 5.74) is 4.06. The maximum absolute atomic E-state index is 6.53. The van der Waals surface area contributed by atoms with Crippen LogP contribution in [0.3, 0.4) is 0 Å². The molecule has 2 atom stereocenters. The van der Waals surface area contributed by atoms with Crippen LogP contribution in [0.15, 0.2) is 84.2 Å². The first-order valence-corrected chi connectivity index (χ1v) is 10.8. The molecule has 152 valence electrons. The normalized spacial score (nSPS) is 19.5. The molecule has 0 unspecified atom stereocenters. The van der Waals surface area contributed by atoms with E-state index in [-0.39, 0.29) is 6.04 Å². The Morgan fingerprint density at radius 3 is 2.55 bits per heavy atom. The lowest BCUT2D eigenvalue weighted by molar-refractivity contribution is -0.0189. The van der Waals surface area contributed by atoms with Crippen molar-refractivity contribution in [2.24, 2.45) is 5.10 Å². The van der Waals surface area contributed by atoms with Gasteiger partial charge in [0, 0.05) is 35.0 Å². The highest BCUT2D eigenvalue weighted by molar-refractivity contribution is 6.35. The summed E-state index contributed by atoms with van der Waals surface area (Å²) < 4.78 is 6.37. The van der Waals surface area contributed by atoms with E-state index in [2.05, 4.69) is 47.4 Å². The number of rotatable bonds is 2. The van der Waals surface area contributed by atoms with Crippen molar-refractivity contribution in [3.05, 3.63) is 106 Å². The number of halogens is 2. The molecule has 0 saturated heterocycles. The van der Waals surface area contributed by atoms with Crippen molar-refractivity contribution in [1.29, 1.82) is 0 Å². The van der Waals surface area contributed by atoms with E-state index in [1.807, 2.05) is 23.2 Å². The topological polar surface area (TPSA) is 37.7 Å². The van der Waals surface area contributed by atoms with E-state index >= 15 is 0 Å². The summed E-state index contributed by atoms with van der Waals surface area (Å²) in [6.07, 6.45) is 3.87. The van der Waals surface area contributed by atoms with Gasteiger partial charge in [0.05, 0.1) is 16.8 Å². The lowest BCUT2D eigenvalue weighted by Gasteiger charge is -2.38. The Balaban J connectivity index is 1.48. The Hall–Kier alpha value is -3.08. The largest absolute Gasteiger partial charge is 0.463 e. The minimum atomic E-state index is -0.392. The molecule has 0 amide bonds. The Kier molecular flexibility index (Phi) is 4.37. The van der Waals surface area contributed by atoms with Gasteiger partial charge in [-0.15, -0.1) is 0 Å². The van der Waals surface area contributed by atoms with Gasteiger partial charge < -0.3 is 4.74 Å². The number of hydrogen-bond acceptors (Lipinski definition) is 4. The Bertz CT molecular complexity index is 1340. The highest BCUT2D eigenvalue weighted by Gasteiger charge is 2.42. The molecule has 0 bridgehead atoms. The van der Waals surface area contributed by atoms with Crippen LogP contribution in [0.1, 0.15) is 35.4 Å². The number of pyridine rings is 1. The number of fused-ring (bicyclic) bond motifs is 4. The zero-order valence-corrected chi connectivity index (χ0v) is 17.9. The Morgan fingerprint density at radius 1 is 0.903 bits per heavy atom. The molecule has 0 radical (unpaired) electrons. The van der Waals surface area contributed by atoms with Crippen molar-refractivity contribution >= 4 is 39.7 Å². The number of hydrazone groups is 1.